The lowest BCUT2D eigenvalue weighted by atomic mass is 10.1. The summed E-state index contributed by atoms with van der Waals surface area (Å²) >= 11 is 29.5. The predicted molar refractivity (Wildman–Crippen MR) is 186 cm³/mol. The second-order valence-corrected chi connectivity index (χ2v) is 13.2. The van der Waals surface area contributed by atoms with Gasteiger partial charge in [0.1, 0.15) is 17.0 Å². The summed E-state index contributed by atoms with van der Waals surface area (Å²) in [5.41, 5.74) is 1.32. The van der Waals surface area contributed by atoms with Crippen molar-refractivity contribution in [2.75, 3.05) is 9.80 Å². The quantitative estimate of drug-likeness (QED) is 0.101. The van der Waals surface area contributed by atoms with Crippen LogP contribution in [0.25, 0.3) is 0 Å². The lowest BCUT2D eigenvalue weighted by molar-refractivity contribution is -0.111. The summed E-state index contributed by atoms with van der Waals surface area (Å²) in [4.78, 5) is 62.7. The molecular formula is C35H23Cl5F2N2O5. The highest BCUT2D eigenvalue weighted by Crippen LogP contribution is 2.39. The number of fused-ring (bicyclic) bond motifs is 2. The van der Waals surface area contributed by atoms with E-state index in [4.69, 9.17) is 58.0 Å². The van der Waals surface area contributed by atoms with Gasteiger partial charge in [-0.3, -0.25) is 24.0 Å². The van der Waals surface area contributed by atoms with E-state index in [0.29, 0.717) is 17.5 Å². The van der Waals surface area contributed by atoms with Gasteiger partial charge in [0.2, 0.25) is 5.24 Å². The van der Waals surface area contributed by atoms with Crippen molar-refractivity contribution >= 4 is 98.3 Å². The van der Waals surface area contributed by atoms with Gasteiger partial charge in [-0.15, -0.1) is 23.2 Å². The molecule has 4 amide bonds. The molecule has 0 aromatic heterocycles. The zero-order valence-corrected chi connectivity index (χ0v) is 29.1. The number of hydrogen-bond acceptors (Lipinski definition) is 5. The summed E-state index contributed by atoms with van der Waals surface area (Å²) in [6.07, 6.45) is 1.40. The van der Waals surface area contributed by atoms with Crippen LogP contribution in [-0.2, 0) is 11.2 Å². The molecule has 252 valence electrons. The summed E-state index contributed by atoms with van der Waals surface area (Å²) in [5, 5.41) is -2.08. The second kappa shape index (κ2) is 14.9. The first kappa shape index (κ1) is 36.4. The summed E-state index contributed by atoms with van der Waals surface area (Å²) in [6, 6.07) is 17.3. The number of hydrogen-bond donors (Lipinski definition) is 0. The van der Waals surface area contributed by atoms with Gasteiger partial charge in [0.05, 0.1) is 39.0 Å². The van der Waals surface area contributed by atoms with Gasteiger partial charge in [0, 0.05) is 10.0 Å². The van der Waals surface area contributed by atoms with E-state index in [1.54, 1.807) is 36.4 Å². The molecule has 2 atom stereocenters. The molecule has 14 heteroatoms. The molecule has 49 heavy (non-hydrogen) atoms. The SMILES string of the molecule is CCCC(Cl)c1cc(N2C(=O)c3ccccc3C2=O)c(F)cc1Cl.O=C(Cl)C(Cl)Cc1cc(N2C(=O)c3ccccc3C2=O)c(F)cc1Cl. The number of rotatable bonds is 8. The third-order valence-corrected chi connectivity index (χ3v) is 9.64. The molecule has 6 rings (SSSR count). The highest BCUT2D eigenvalue weighted by molar-refractivity contribution is 6.69. The number of anilines is 2. The Kier molecular flexibility index (Phi) is 11.1. The smallest absolute Gasteiger partial charge is 0.266 e. The van der Waals surface area contributed by atoms with Crippen LogP contribution in [0.2, 0.25) is 10.0 Å². The van der Waals surface area contributed by atoms with Gasteiger partial charge < -0.3 is 0 Å². The minimum absolute atomic E-state index is 0.0152. The largest absolute Gasteiger partial charge is 0.280 e. The van der Waals surface area contributed by atoms with Crippen LogP contribution in [0, 0.1) is 11.6 Å². The van der Waals surface area contributed by atoms with Crippen LogP contribution < -0.4 is 9.80 Å². The molecule has 2 aliphatic rings. The molecule has 2 heterocycles. The van der Waals surface area contributed by atoms with Crippen LogP contribution in [-0.4, -0.2) is 34.2 Å². The van der Waals surface area contributed by atoms with Crippen LogP contribution >= 0.6 is 58.0 Å². The molecule has 0 N–H and O–H groups in total. The molecule has 0 aliphatic carbocycles. The average Bonchev–Trinajstić information content (AvgIpc) is 3.47. The van der Waals surface area contributed by atoms with Crippen LogP contribution in [0.1, 0.15) is 77.7 Å². The van der Waals surface area contributed by atoms with Crippen molar-refractivity contribution in [3.63, 3.8) is 0 Å². The fourth-order valence-corrected chi connectivity index (χ4v) is 6.58. The van der Waals surface area contributed by atoms with Crippen LogP contribution in [0.3, 0.4) is 0 Å². The second-order valence-electron chi connectivity index (χ2n) is 10.9. The Morgan fingerprint density at radius 2 is 1.10 bits per heavy atom. The van der Waals surface area contributed by atoms with Crippen LogP contribution in [0.15, 0.2) is 72.8 Å². The molecule has 4 aromatic rings. The Bertz CT molecular complexity index is 1970. The van der Waals surface area contributed by atoms with Crippen molar-refractivity contribution in [1.29, 1.82) is 0 Å². The van der Waals surface area contributed by atoms with Gasteiger partial charge in [-0.1, -0.05) is 60.8 Å². The Morgan fingerprint density at radius 3 is 1.51 bits per heavy atom. The van der Waals surface area contributed by atoms with Crippen molar-refractivity contribution in [1.82, 2.24) is 0 Å². The zero-order chi connectivity index (χ0) is 35.7. The number of amides is 4. The lowest BCUT2D eigenvalue weighted by Gasteiger charge is -2.18. The first-order chi connectivity index (χ1) is 23.3. The maximum atomic E-state index is 14.4. The number of halogens is 7. The summed E-state index contributed by atoms with van der Waals surface area (Å²) in [5.74, 6) is -3.95. The number of carbonyl (C=O) groups excluding carboxylic acids is 5. The summed E-state index contributed by atoms with van der Waals surface area (Å²) in [6.45, 7) is 1.97. The lowest BCUT2D eigenvalue weighted by Crippen LogP contribution is -2.30. The Morgan fingerprint density at radius 1 is 0.694 bits per heavy atom. The van der Waals surface area contributed by atoms with Crippen molar-refractivity contribution in [2.24, 2.45) is 0 Å². The highest BCUT2D eigenvalue weighted by atomic mass is 35.5. The average molecular weight is 767 g/mol. The van der Waals surface area contributed by atoms with Crippen molar-refractivity contribution < 1.29 is 32.8 Å². The fraction of sp³-hybridized carbons (Fsp3) is 0.171. The Balaban J connectivity index is 0.000000191. The van der Waals surface area contributed by atoms with Gasteiger partial charge in [-0.05, 0) is 84.1 Å². The standard InChI is InChI=1S/C18H14Cl2FNO2.C17H9Cl3FNO3/c1-2-5-13(19)12-8-16(15(21)9-14(12)20)22-17(23)10-6-3-4-7-11(10)18(22)24;18-11-7-13(21)14(6-8(11)5-12(19)15(20)23)22-16(24)9-3-1-2-4-10(9)17(22)25/h3-4,6-9,13H,2,5H2,1H3;1-4,6-7,12H,5H2. The molecule has 2 aliphatic heterocycles. The van der Waals surface area contributed by atoms with E-state index in [1.807, 2.05) is 6.92 Å². The van der Waals surface area contributed by atoms with E-state index in [1.165, 1.54) is 24.3 Å². The number of imide groups is 2. The predicted octanol–water partition coefficient (Wildman–Crippen LogP) is 9.55. The van der Waals surface area contributed by atoms with E-state index in [9.17, 15) is 32.8 Å². The number of nitrogens with zero attached hydrogens (tertiary/aromatic N) is 2. The molecule has 0 saturated carbocycles. The van der Waals surface area contributed by atoms with Gasteiger partial charge in [-0.2, -0.15) is 0 Å². The molecule has 0 bridgehead atoms. The highest BCUT2D eigenvalue weighted by Gasteiger charge is 2.39. The maximum absolute atomic E-state index is 14.4. The topological polar surface area (TPSA) is 91.8 Å². The summed E-state index contributed by atoms with van der Waals surface area (Å²) < 4.78 is 28.8. The summed E-state index contributed by atoms with van der Waals surface area (Å²) in [7, 11) is 0. The van der Waals surface area contributed by atoms with Gasteiger partial charge in [-0.25, -0.2) is 18.6 Å². The van der Waals surface area contributed by atoms with E-state index >= 15 is 0 Å². The van der Waals surface area contributed by atoms with E-state index in [2.05, 4.69) is 0 Å². The number of alkyl halides is 2. The van der Waals surface area contributed by atoms with Crippen molar-refractivity contribution in [3.05, 3.63) is 128 Å². The first-order valence-electron chi connectivity index (χ1n) is 14.7. The minimum Gasteiger partial charge on any atom is -0.280 e. The minimum atomic E-state index is -1.07. The van der Waals surface area contributed by atoms with E-state index in [-0.39, 0.29) is 50.1 Å². The molecule has 7 nitrogen and oxygen atoms in total. The Labute approximate surface area is 304 Å². The van der Waals surface area contributed by atoms with Gasteiger partial charge in [0.25, 0.3) is 23.6 Å². The molecule has 0 spiro atoms. The van der Waals surface area contributed by atoms with Crippen LogP contribution in [0.5, 0.6) is 0 Å². The molecular weight excluding hydrogens is 744 g/mol. The van der Waals surface area contributed by atoms with Gasteiger partial charge >= 0.3 is 0 Å². The number of benzene rings is 4. The third kappa shape index (κ3) is 7.09. The normalized spacial score (nSPS) is 14.8. The van der Waals surface area contributed by atoms with Crippen molar-refractivity contribution in [2.45, 2.75) is 36.9 Å². The van der Waals surface area contributed by atoms with Gasteiger partial charge in [0.15, 0.2) is 0 Å². The zero-order valence-electron chi connectivity index (χ0n) is 25.3. The van der Waals surface area contributed by atoms with E-state index in [0.717, 1.165) is 28.4 Å². The first-order valence-corrected chi connectivity index (χ1v) is 16.7. The maximum Gasteiger partial charge on any atom is 0.266 e. The molecule has 0 radical (unpaired) electrons. The molecule has 0 fully saturated rings. The van der Waals surface area contributed by atoms with E-state index < -0.39 is 51.3 Å². The van der Waals surface area contributed by atoms with Crippen molar-refractivity contribution in [3.8, 4) is 0 Å². The molecule has 0 saturated heterocycles. The van der Waals surface area contributed by atoms with Crippen LogP contribution in [0.4, 0.5) is 20.2 Å². The molecule has 2 unspecified atom stereocenters. The third-order valence-electron chi connectivity index (χ3n) is 7.78. The fourth-order valence-electron chi connectivity index (χ4n) is 5.37. The number of carbonyl (C=O) groups is 5. The molecule has 4 aromatic carbocycles. The Hall–Kier alpha value is -3.86. The monoisotopic (exact) mass is 764 g/mol.